The molecule has 0 fully saturated rings. The number of aryl methyl sites for hydroxylation is 1. The van der Waals surface area contributed by atoms with Crippen LogP contribution in [0, 0.1) is 0 Å². The van der Waals surface area contributed by atoms with E-state index in [2.05, 4.69) is 5.10 Å². The van der Waals surface area contributed by atoms with Crippen molar-refractivity contribution in [2.75, 3.05) is 6.54 Å². The molecule has 1 rings (SSSR count). The van der Waals surface area contributed by atoms with Crippen molar-refractivity contribution < 1.29 is 5.11 Å². The average molecular weight is 155 g/mol. The van der Waals surface area contributed by atoms with E-state index < -0.39 is 6.10 Å². The highest BCUT2D eigenvalue weighted by atomic mass is 16.3. The Bertz CT molecular complexity index is 221. The number of nitrogens with zero attached hydrogens (tertiary/aromatic N) is 2. The van der Waals surface area contributed by atoms with E-state index in [1.165, 1.54) is 0 Å². The molecule has 1 heterocycles. The van der Waals surface area contributed by atoms with Gasteiger partial charge in [-0.25, -0.2) is 0 Å². The summed E-state index contributed by atoms with van der Waals surface area (Å²) in [6.45, 7) is 2.98. The van der Waals surface area contributed by atoms with E-state index >= 15 is 0 Å². The number of hydrogen-bond acceptors (Lipinski definition) is 3. The molecule has 0 aliphatic carbocycles. The second-order valence-electron chi connectivity index (χ2n) is 2.32. The van der Waals surface area contributed by atoms with Crippen LogP contribution in [0.5, 0.6) is 0 Å². The number of aliphatic hydroxyl groups excluding tert-OH is 1. The predicted octanol–water partition coefficient (Wildman–Crippen LogP) is -0.105. The lowest BCUT2D eigenvalue weighted by molar-refractivity contribution is 0.175. The van der Waals surface area contributed by atoms with Crippen LogP contribution in [0.3, 0.4) is 0 Å². The summed E-state index contributed by atoms with van der Waals surface area (Å²) in [5.41, 5.74) is 6.08. The van der Waals surface area contributed by atoms with Gasteiger partial charge in [-0.15, -0.1) is 0 Å². The van der Waals surface area contributed by atoms with Gasteiger partial charge in [0.25, 0.3) is 0 Å². The SMILES string of the molecule is CCn1nccc1[C@@H](O)CN. The minimum Gasteiger partial charge on any atom is -0.385 e. The van der Waals surface area contributed by atoms with Crippen molar-refractivity contribution >= 4 is 0 Å². The molecule has 0 spiro atoms. The molecule has 4 heteroatoms. The van der Waals surface area contributed by atoms with Crippen LogP contribution in [0.15, 0.2) is 12.3 Å². The summed E-state index contributed by atoms with van der Waals surface area (Å²) in [5.74, 6) is 0. The topological polar surface area (TPSA) is 64.1 Å². The van der Waals surface area contributed by atoms with Crippen molar-refractivity contribution in [1.29, 1.82) is 0 Å². The lowest BCUT2D eigenvalue weighted by atomic mass is 10.2. The fourth-order valence-corrected chi connectivity index (χ4v) is 1.01. The van der Waals surface area contributed by atoms with E-state index in [0.29, 0.717) is 0 Å². The zero-order valence-electron chi connectivity index (χ0n) is 6.57. The maximum absolute atomic E-state index is 9.34. The molecule has 0 amide bonds. The molecule has 0 unspecified atom stereocenters. The van der Waals surface area contributed by atoms with Crippen LogP contribution in [0.4, 0.5) is 0 Å². The fraction of sp³-hybridized carbons (Fsp3) is 0.571. The highest BCUT2D eigenvalue weighted by Crippen LogP contribution is 2.09. The van der Waals surface area contributed by atoms with Crippen LogP contribution in [-0.4, -0.2) is 21.4 Å². The first-order valence-corrected chi connectivity index (χ1v) is 3.69. The maximum atomic E-state index is 9.34. The zero-order valence-corrected chi connectivity index (χ0v) is 6.57. The first-order valence-electron chi connectivity index (χ1n) is 3.69. The summed E-state index contributed by atoms with van der Waals surface area (Å²) in [6, 6.07) is 1.78. The van der Waals surface area contributed by atoms with Crippen molar-refractivity contribution in [1.82, 2.24) is 9.78 Å². The van der Waals surface area contributed by atoms with Gasteiger partial charge in [-0.3, -0.25) is 4.68 Å². The highest BCUT2D eigenvalue weighted by molar-refractivity contribution is 5.04. The van der Waals surface area contributed by atoms with Crippen LogP contribution >= 0.6 is 0 Å². The van der Waals surface area contributed by atoms with Gasteiger partial charge < -0.3 is 10.8 Å². The van der Waals surface area contributed by atoms with Gasteiger partial charge >= 0.3 is 0 Å². The third-order valence-electron chi connectivity index (χ3n) is 1.61. The van der Waals surface area contributed by atoms with E-state index in [1.54, 1.807) is 16.9 Å². The van der Waals surface area contributed by atoms with Gasteiger partial charge in [0.15, 0.2) is 0 Å². The van der Waals surface area contributed by atoms with Crippen LogP contribution < -0.4 is 5.73 Å². The molecule has 0 aromatic carbocycles. The summed E-state index contributed by atoms with van der Waals surface area (Å²) in [4.78, 5) is 0. The Kier molecular flexibility index (Phi) is 2.62. The van der Waals surface area contributed by atoms with Crippen molar-refractivity contribution in [2.24, 2.45) is 5.73 Å². The molecule has 0 radical (unpaired) electrons. The molecule has 0 saturated carbocycles. The lowest BCUT2D eigenvalue weighted by Gasteiger charge is -2.08. The molecule has 0 aliphatic rings. The number of aromatic nitrogens is 2. The van der Waals surface area contributed by atoms with Gasteiger partial charge in [0.2, 0.25) is 0 Å². The van der Waals surface area contributed by atoms with Gasteiger partial charge in [-0.1, -0.05) is 0 Å². The van der Waals surface area contributed by atoms with Crippen LogP contribution in [0.1, 0.15) is 18.7 Å². The predicted molar refractivity (Wildman–Crippen MR) is 41.9 cm³/mol. The minimum absolute atomic E-state index is 0.242. The average Bonchev–Trinajstić information content (AvgIpc) is 2.50. The van der Waals surface area contributed by atoms with E-state index in [9.17, 15) is 5.11 Å². The summed E-state index contributed by atoms with van der Waals surface area (Å²) in [7, 11) is 0. The Morgan fingerprint density at radius 3 is 3.09 bits per heavy atom. The largest absolute Gasteiger partial charge is 0.385 e. The van der Waals surface area contributed by atoms with Gasteiger partial charge in [0.05, 0.1) is 5.69 Å². The summed E-state index contributed by atoms with van der Waals surface area (Å²) in [5, 5.41) is 13.3. The second kappa shape index (κ2) is 3.50. The Morgan fingerprint density at radius 1 is 1.82 bits per heavy atom. The third kappa shape index (κ3) is 1.58. The molecular weight excluding hydrogens is 142 g/mol. The highest BCUT2D eigenvalue weighted by Gasteiger charge is 2.08. The van der Waals surface area contributed by atoms with E-state index in [0.717, 1.165) is 12.2 Å². The molecule has 0 bridgehead atoms. The van der Waals surface area contributed by atoms with Crippen LogP contribution in [0.25, 0.3) is 0 Å². The molecule has 0 aliphatic heterocycles. The third-order valence-corrected chi connectivity index (χ3v) is 1.61. The van der Waals surface area contributed by atoms with E-state index in [1.807, 2.05) is 6.92 Å². The van der Waals surface area contributed by atoms with Gasteiger partial charge in [-0.2, -0.15) is 5.10 Å². The molecule has 62 valence electrons. The van der Waals surface area contributed by atoms with Crippen molar-refractivity contribution in [2.45, 2.75) is 19.6 Å². The van der Waals surface area contributed by atoms with Crippen molar-refractivity contribution in [3.8, 4) is 0 Å². The molecule has 11 heavy (non-hydrogen) atoms. The molecule has 1 aromatic heterocycles. The lowest BCUT2D eigenvalue weighted by Crippen LogP contribution is -2.16. The summed E-state index contributed by atoms with van der Waals surface area (Å²) >= 11 is 0. The quantitative estimate of drug-likeness (QED) is 0.640. The maximum Gasteiger partial charge on any atom is 0.108 e. The molecule has 4 nitrogen and oxygen atoms in total. The van der Waals surface area contributed by atoms with Gasteiger partial charge in [-0.05, 0) is 13.0 Å². The van der Waals surface area contributed by atoms with E-state index in [4.69, 9.17) is 5.73 Å². The Morgan fingerprint density at radius 2 is 2.55 bits per heavy atom. The molecule has 3 N–H and O–H groups in total. The number of hydrogen-bond donors (Lipinski definition) is 2. The van der Waals surface area contributed by atoms with Crippen LogP contribution in [0.2, 0.25) is 0 Å². The molecular formula is C7H13N3O. The summed E-state index contributed by atoms with van der Waals surface area (Å²) in [6.07, 6.45) is 1.08. The van der Waals surface area contributed by atoms with Gasteiger partial charge in [0, 0.05) is 19.3 Å². The van der Waals surface area contributed by atoms with Gasteiger partial charge in [0.1, 0.15) is 6.10 Å². The smallest absolute Gasteiger partial charge is 0.108 e. The molecule has 1 atom stereocenters. The van der Waals surface area contributed by atoms with Crippen LogP contribution in [-0.2, 0) is 6.54 Å². The van der Waals surface area contributed by atoms with Crippen molar-refractivity contribution in [3.05, 3.63) is 18.0 Å². The first kappa shape index (κ1) is 8.23. The number of nitrogens with two attached hydrogens (primary N) is 1. The monoisotopic (exact) mass is 155 g/mol. The van der Waals surface area contributed by atoms with Crippen molar-refractivity contribution in [3.63, 3.8) is 0 Å². The zero-order chi connectivity index (χ0) is 8.27. The Balaban J connectivity index is 2.83. The normalized spacial score (nSPS) is 13.4. The standard InChI is InChI=1S/C7H13N3O/c1-2-10-6(3-4-9-10)7(11)5-8/h3-4,7,11H,2,5,8H2,1H3/t7-/m0/s1. The molecule has 1 aromatic rings. The molecule has 0 saturated heterocycles. The Labute approximate surface area is 65.6 Å². The minimum atomic E-state index is -0.586. The number of aliphatic hydroxyl groups is 1. The second-order valence-corrected chi connectivity index (χ2v) is 2.32. The van der Waals surface area contributed by atoms with E-state index in [-0.39, 0.29) is 6.54 Å². The number of rotatable bonds is 3. The summed E-state index contributed by atoms with van der Waals surface area (Å²) < 4.78 is 1.73. The first-order chi connectivity index (χ1) is 5.29. The fourth-order valence-electron chi connectivity index (χ4n) is 1.01. The Hall–Kier alpha value is -0.870.